The summed E-state index contributed by atoms with van der Waals surface area (Å²) in [6, 6.07) is 0. The maximum atomic E-state index is 11.3. The van der Waals surface area contributed by atoms with Crippen molar-refractivity contribution in [2.45, 2.75) is 69.4 Å². The lowest BCUT2D eigenvalue weighted by atomic mass is 10.1. The van der Waals surface area contributed by atoms with Crippen LogP contribution in [0.4, 0.5) is 5.95 Å². The average molecular weight is 518 g/mol. The van der Waals surface area contributed by atoms with E-state index in [2.05, 4.69) is 40.6 Å². The molecule has 0 fully saturated rings. The van der Waals surface area contributed by atoms with E-state index in [1.54, 1.807) is 13.8 Å². The van der Waals surface area contributed by atoms with Gasteiger partial charge in [0.05, 0.1) is 5.69 Å². The summed E-state index contributed by atoms with van der Waals surface area (Å²) in [5.41, 5.74) is 2.12. The lowest BCUT2D eigenvalue weighted by molar-refractivity contribution is -0.138. The molecule has 0 radical (unpaired) electrons. The number of carboxylic acids is 1. The zero-order valence-corrected chi connectivity index (χ0v) is 21.6. The van der Waals surface area contributed by atoms with Gasteiger partial charge in [0.25, 0.3) is 0 Å². The molecule has 0 saturated heterocycles. The van der Waals surface area contributed by atoms with Crippen molar-refractivity contribution in [3.05, 3.63) is 29.0 Å². The van der Waals surface area contributed by atoms with Crippen LogP contribution in [0, 0.1) is 5.92 Å². The summed E-state index contributed by atoms with van der Waals surface area (Å²) in [7, 11) is 0. The number of hydrogen-bond acceptors (Lipinski definition) is 7. The number of aromatic nitrogens is 3. The Morgan fingerprint density at radius 3 is 2.53 bits per heavy atom. The van der Waals surface area contributed by atoms with E-state index in [1.165, 1.54) is 29.5 Å². The topological polar surface area (TPSA) is 79.2 Å². The molecule has 168 valence electrons. The Morgan fingerprint density at radius 2 is 1.97 bits per heavy atom. The van der Waals surface area contributed by atoms with Crippen LogP contribution in [0.15, 0.2) is 22.1 Å². The molecule has 0 aliphatic heterocycles. The van der Waals surface area contributed by atoms with Crippen LogP contribution >= 0.6 is 23.1 Å². The summed E-state index contributed by atoms with van der Waals surface area (Å²) in [4.78, 5) is 27.3. The SMILES string of the molecule is CCc1cnc(N(CCCC(C)C)CCc2csc(SC(C)(C)C(=O)O)n2)nc1.[Br-].[H+]. The van der Waals surface area contributed by atoms with Gasteiger partial charge >= 0.3 is 7.40 Å². The third-order valence-corrected chi connectivity index (χ3v) is 6.79. The monoisotopic (exact) mass is 516 g/mol. The number of hydrogen-bond donors (Lipinski definition) is 1. The van der Waals surface area contributed by atoms with Gasteiger partial charge in [0, 0.05) is 37.3 Å². The summed E-state index contributed by atoms with van der Waals surface area (Å²) in [5.74, 6) is 0.613. The molecule has 0 spiro atoms. The van der Waals surface area contributed by atoms with E-state index >= 15 is 0 Å². The van der Waals surface area contributed by atoms with Gasteiger partial charge in [-0.15, -0.1) is 11.3 Å². The highest BCUT2D eigenvalue weighted by Gasteiger charge is 2.29. The van der Waals surface area contributed by atoms with Crippen molar-refractivity contribution in [2.75, 3.05) is 18.0 Å². The van der Waals surface area contributed by atoms with Crippen LogP contribution < -0.4 is 21.9 Å². The highest BCUT2D eigenvalue weighted by Crippen LogP contribution is 2.34. The Bertz CT molecular complexity index is 788. The van der Waals surface area contributed by atoms with Crippen LogP contribution in [0.5, 0.6) is 0 Å². The minimum atomic E-state index is -0.882. The molecule has 0 amide bonds. The van der Waals surface area contributed by atoms with Gasteiger partial charge in [-0.05, 0) is 44.6 Å². The number of aliphatic carboxylic acids is 1. The second-order valence-electron chi connectivity index (χ2n) is 8.04. The number of thiazole rings is 1. The van der Waals surface area contributed by atoms with E-state index in [0.717, 1.165) is 53.9 Å². The summed E-state index contributed by atoms with van der Waals surface area (Å²) in [6.45, 7) is 11.7. The van der Waals surface area contributed by atoms with Crippen molar-refractivity contribution in [2.24, 2.45) is 5.92 Å². The van der Waals surface area contributed by atoms with Crippen LogP contribution in [-0.2, 0) is 17.6 Å². The second kappa shape index (κ2) is 12.6. The zero-order chi connectivity index (χ0) is 21.4. The van der Waals surface area contributed by atoms with Crippen LogP contribution in [0.1, 0.15) is 60.1 Å². The van der Waals surface area contributed by atoms with Crippen LogP contribution in [0.25, 0.3) is 0 Å². The molecular formula is C21H33BrN4O2S2. The van der Waals surface area contributed by atoms with E-state index in [9.17, 15) is 9.90 Å². The van der Waals surface area contributed by atoms with Gasteiger partial charge in [0.15, 0.2) is 4.34 Å². The number of aryl methyl sites for hydroxylation is 1. The first-order chi connectivity index (χ1) is 13.7. The summed E-state index contributed by atoms with van der Waals surface area (Å²) in [6.07, 6.45) is 7.80. The molecule has 1 N–H and O–H groups in total. The molecule has 2 heterocycles. The minimum absolute atomic E-state index is 0. The fourth-order valence-corrected chi connectivity index (χ4v) is 4.88. The fraction of sp³-hybridized carbons (Fsp3) is 0.619. The summed E-state index contributed by atoms with van der Waals surface area (Å²) >= 11 is 2.80. The normalized spacial score (nSPS) is 11.4. The predicted molar refractivity (Wildman–Crippen MR) is 122 cm³/mol. The van der Waals surface area contributed by atoms with Gasteiger partial charge in [-0.1, -0.05) is 32.5 Å². The number of nitrogens with zero attached hydrogens (tertiary/aromatic N) is 4. The van der Waals surface area contributed by atoms with Crippen LogP contribution in [0.3, 0.4) is 0 Å². The van der Waals surface area contributed by atoms with Gasteiger partial charge < -0.3 is 27.0 Å². The first kappa shape index (κ1) is 26.8. The van der Waals surface area contributed by atoms with Crippen molar-refractivity contribution in [1.29, 1.82) is 0 Å². The number of halogens is 1. The van der Waals surface area contributed by atoms with E-state index in [-0.39, 0.29) is 18.4 Å². The van der Waals surface area contributed by atoms with Crippen LogP contribution in [0.2, 0.25) is 0 Å². The van der Waals surface area contributed by atoms with Crippen molar-refractivity contribution in [3.63, 3.8) is 0 Å². The fourth-order valence-electron chi connectivity index (χ4n) is 2.66. The Kier molecular flexibility index (Phi) is 11.3. The second-order valence-corrected chi connectivity index (χ2v) is 10.8. The lowest BCUT2D eigenvalue weighted by Gasteiger charge is -2.22. The maximum absolute atomic E-state index is 11.3. The van der Waals surface area contributed by atoms with Gasteiger partial charge in [-0.3, -0.25) is 4.79 Å². The zero-order valence-electron chi connectivity index (χ0n) is 19.4. The third-order valence-electron chi connectivity index (χ3n) is 4.62. The Labute approximate surface area is 200 Å². The number of anilines is 1. The molecule has 2 aromatic heterocycles. The van der Waals surface area contributed by atoms with E-state index < -0.39 is 10.7 Å². The van der Waals surface area contributed by atoms with E-state index in [4.69, 9.17) is 0 Å². The molecule has 6 nitrogen and oxygen atoms in total. The minimum Gasteiger partial charge on any atom is -1.00 e. The molecule has 0 atom stereocenters. The summed E-state index contributed by atoms with van der Waals surface area (Å²) < 4.78 is -0.0883. The van der Waals surface area contributed by atoms with Gasteiger partial charge in [0.2, 0.25) is 5.95 Å². The number of carboxylic acid groups (broad SMARTS) is 1. The molecule has 30 heavy (non-hydrogen) atoms. The number of rotatable bonds is 12. The molecule has 9 heteroatoms. The molecule has 0 aliphatic rings. The molecule has 0 bridgehead atoms. The molecule has 2 rings (SSSR count). The Hall–Kier alpha value is -1.19. The smallest absolute Gasteiger partial charge is 1.00 e. The van der Waals surface area contributed by atoms with Crippen molar-refractivity contribution in [1.82, 2.24) is 15.0 Å². The standard InChI is InChI=1S/C21H32N4O2S2.BrH/c1-6-16-12-22-19(23-13-16)25(10-7-8-15(2)3)11-9-17-14-28-20(24-17)29-21(4,5)18(26)27;/h12-15H,6-11H2,1-5H3,(H,26,27);1H. The number of carbonyl (C=O) groups is 1. The maximum Gasteiger partial charge on any atom is 1.00 e. The third kappa shape index (κ3) is 8.51. The quantitative estimate of drug-likeness (QED) is 0.432. The number of thioether (sulfide) groups is 1. The van der Waals surface area contributed by atoms with Gasteiger partial charge in [0.1, 0.15) is 4.75 Å². The first-order valence-electron chi connectivity index (χ1n) is 10.1. The molecule has 0 aromatic carbocycles. The summed E-state index contributed by atoms with van der Waals surface area (Å²) in [5, 5.41) is 11.3. The Morgan fingerprint density at radius 1 is 1.30 bits per heavy atom. The molecule has 0 unspecified atom stereocenters. The Balaban J connectivity index is 0.00000450. The highest BCUT2D eigenvalue weighted by molar-refractivity contribution is 8.02. The average Bonchev–Trinajstić information content (AvgIpc) is 3.10. The van der Waals surface area contributed by atoms with Crippen molar-refractivity contribution >= 4 is 35.0 Å². The molecule has 2 aromatic rings. The lowest BCUT2D eigenvalue weighted by Crippen LogP contribution is -3.00. The van der Waals surface area contributed by atoms with Crippen molar-refractivity contribution in [3.8, 4) is 0 Å². The molecule has 0 aliphatic carbocycles. The van der Waals surface area contributed by atoms with Gasteiger partial charge in [-0.25, -0.2) is 15.0 Å². The van der Waals surface area contributed by atoms with Gasteiger partial charge in [-0.2, -0.15) is 0 Å². The predicted octanol–water partition coefficient (Wildman–Crippen LogP) is 2.05. The van der Waals surface area contributed by atoms with Crippen LogP contribution in [-0.4, -0.2) is 43.9 Å². The van der Waals surface area contributed by atoms with E-state index in [0.29, 0.717) is 5.92 Å². The van der Waals surface area contributed by atoms with Crippen molar-refractivity contribution < 1.29 is 28.3 Å². The van der Waals surface area contributed by atoms with E-state index in [1.807, 2.05) is 17.8 Å². The molecule has 0 saturated carbocycles. The first-order valence-corrected chi connectivity index (χ1v) is 11.8. The highest BCUT2D eigenvalue weighted by atomic mass is 79.9. The molecular weight excluding hydrogens is 484 g/mol. The largest absolute Gasteiger partial charge is 1.00 e.